The molecule has 3 rings (SSSR count). The lowest BCUT2D eigenvalue weighted by Gasteiger charge is -2.10. The van der Waals surface area contributed by atoms with Crippen LogP contribution in [-0.4, -0.2) is 9.97 Å². The summed E-state index contributed by atoms with van der Waals surface area (Å²) < 4.78 is 33.0. The van der Waals surface area contributed by atoms with Crippen molar-refractivity contribution in [2.75, 3.05) is 5.32 Å². The molecule has 4 nitrogen and oxygen atoms in total. The molecule has 0 aliphatic carbocycles. The summed E-state index contributed by atoms with van der Waals surface area (Å²) in [6, 6.07) is 11.2. The van der Waals surface area contributed by atoms with Crippen molar-refractivity contribution in [1.82, 2.24) is 9.97 Å². The van der Waals surface area contributed by atoms with Crippen LogP contribution in [0.25, 0.3) is 0 Å². The molecule has 1 N–H and O–H groups in total. The summed E-state index contributed by atoms with van der Waals surface area (Å²) >= 11 is 11.9. The molecule has 0 spiro atoms. The van der Waals surface area contributed by atoms with Gasteiger partial charge in [0.05, 0.1) is 6.20 Å². The molecule has 1 aromatic heterocycles. The molecule has 0 atom stereocenters. The van der Waals surface area contributed by atoms with Gasteiger partial charge in [-0.2, -0.15) is 4.98 Å². The topological polar surface area (TPSA) is 47.0 Å². The molecular formula is C18H13Cl2F2N3O. The summed E-state index contributed by atoms with van der Waals surface area (Å²) in [5.41, 5.74) is 1.07. The van der Waals surface area contributed by atoms with Gasteiger partial charge in [-0.15, -0.1) is 0 Å². The lowest BCUT2D eigenvalue weighted by Crippen LogP contribution is -2.08. The number of aromatic nitrogens is 2. The molecule has 0 saturated heterocycles. The second kappa shape index (κ2) is 8.29. The smallest absolute Gasteiger partial charge is 0.318 e. The van der Waals surface area contributed by atoms with Crippen LogP contribution in [-0.2, 0) is 13.2 Å². The summed E-state index contributed by atoms with van der Waals surface area (Å²) in [7, 11) is 0. The number of nitrogens with zero attached hydrogens (tertiary/aromatic N) is 2. The Labute approximate surface area is 158 Å². The van der Waals surface area contributed by atoms with Crippen molar-refractivity contribution in [2.24, 2.45) is 0 Å². The quantitative estimate of drug-likeness (QED) is 0.618. The van der Waals surface area contributed by atoms with Crippen molar-refractivity contribution in [2.45, 2.75) is 13.2 Å². The monoisotopic (exact) mass is 395 g/mol. The zero-order valence-corrected chi connectivity index (χ0v) is 14.9. The Morgan fingerprint density at radius 1 is 1.00 bits per heavy atom. The van der Waals surface area contributed by atoms with E-state index in [4.69, 9.17) is 27.9 Å². The summed E-state index contributed by atoms with van der Waals surface area (Å²) in [5.74, 6) is -1.14. The molecule has 0 saturated carbocycles. The fraction of sp³-hybridized carbons (Fsp3) is 0.111. The Kier molecular flexibility index (Phi) is 5.85. The van der Waals surface area contributed by atoms with Crippen LogP contribution in [0.15, 0.2) is 48.7 Å². The van der Waals surface area contributed by atoms with Crippen LogP contribution in [0.4, 0.5) is 14.6 Å². The Morgan fingerprint density at radius 3 is 2.58 bits per heavy atom. The standard InChI is InChI=1S/C18H13Cl2F2N3O/c19-13-6-5-12(14(20)7-13)10-26-18-24-9-16(22)17(25-18)23-8-11-3-1-2-4-15(11)21/h1-7,9H,8,10H2,(H,23,24,25). The number of ether oxygens (including phenoxy) is 1. The van der Waals surface area contributed by atoms with Crippen LogP contribution >= 0.6 is 23.2 Å². The average molecular weight is 396 g/mol. The van der Waals surface area contributed by atoms with Crippen molar-refractivity contribution < 1.29 is 13.5 Å². The van der Waals surface area contributed by atoms with Gasteiger partial charge in [0.25, 0.3) is 0 Å². The van der Waals surface area contributed by atoms with E-state index in [1.807, 2.05) is 0 Å². The molecule has 2 aromatic carbocycles. The van der Waals surface area contributed by atoms with Gasteiger partial charge in [-0.05, 0) is 18.2 Å². The van der Waals surface area contributed by atoms with Gasteiger partial charge in [-0.3, -0.25) is 0 Å². The van der Waals surface area contributed by atoms with Crippen LogP contribution in [0, 0.1) is 11.6 Å². The number of hydrogen-bond donors (Lipinski definition) is 1. The molecule has 26 heavy (non-hydrogen) atoms. The maximum atomic E-state index is 13.9. The highest BCUT2D eigenvalue weighted by atomic mass is 35.5. The van der Waals surface area contributed by atoms with Crippen molar-refractivity contribution in [3.05, 3.63) is 81.5 Å². The average Bonchev–Trinajstić information content (AvgIpc) is 2.62. The summed E-state index contributed by atoms with van der Waals surface area (Å²) in [4.78, 5) is 7.75. The molecule has 3 aromatic rings. The third-order valence-corrected chi connectivity index (χ3v) is 4.08. The van der Waals surface area contributed by atoms with Crippen LogP contribution in [0.3, 0.4) is 0 Å². The van der Waals surface area contributed by atoms with Gasteiger partial charge in [0.15, 0.2) is 11.6 Å². The summed E-state index contributed by atoms with van der Waals surface area (Å²) in [6.07, 6.45) is 0.982. The molecule has 0 aliphatic heterocycles. The zero-order chi connectivity index (χ0) is 18.5. The Bertz CT molecular complexity index is 925. The molecule has 0 unspecified atom stereocenters. The van der Waals surface area contributed by atoms with E-state index in [0.29, 0.717) is 21.2 Å². The number of hydrogen-bond acceptors (Lipinski definition) is 4. The molecule has 0 fully saturated rings. The molecule has 0 aliphatic rings. The highest BCUT2D eigenvalue weighted by Gasteiger charge is 2.10. The molecule has 0 amide bonds. The maximum absolute atomic E-state index is 13.9. The predicted octanol–water partition coefficient (Wildman–Crippen LogP) is 5.25. The molecule has 134 valence electrons. The van der Waals surface area contributed by atoms with Crippen molar-refractivity contribution >= 4 is 29.0 Å². The second-order valence-corrected chi connectivity index (χ2v) is 6.16. The summed E-state index contributed by atoms with van der Waals surface area (Å²) in [5, 5.41) is 3.69. The number of rotatable bonds is 6. The summed E-state index contributed by atoms with van der Waals surface area (Å²) in [6.45, 7) is 0.164. The van der Waals surface area contributed by atoms with Gasteiger partial charge in [0, 0.05) is 27.7 Å². The van der Waals surface area contributed by atoms with Crippen LogP contribution < -0.4 is 10.1 Å². The van der Waals surface area contributed by atoms with Gasteiger partial charge in [-0.1, -0.05) is 47.5 Å². The van der Waals surface area contributed by atoms with E-state index in [9.17, 15) is 8.78 Å². The minimum absolute atomic E-state index is 0.0338. The van der Waals surface area contributed by atoms with Gasteiger partial charge in [0.2, 0.25) is 0 Å². The van der Waals surface area contributed by atoms with E-state index in [1.165, 1.54) is 6.07 Å². The predicted molar refractivity (Wildman–Crippen MR) is 96.5 cm³/mol. The normalized spacial score (nSPS) is 10.6. The molecule has 0 bridgehead atoms. The molecule has 8 heteroatoms. The first-order valence-electron chi connectivity index (χ1n) is 7.59. The first-order valence-corrected chi connectivity index (χ1v) is 8.35. The third-order valence-electron chi connectivity index (χ3n) is 3.50. The Hall–Kier alpha value is -2.44. The number of halogens is 4. The maximum Gasteiger partial charge on any atom is 0.318 e. The number of nitrogens with one attached hydrogen (secondary N) is 1. The highest BCUT2D eigenvalue weighted by molar-refractivity contribution is 6.35. The molecule has 0 radical (unpaired) electrons. The molecular weight excluding hydrogens is 383 g/mol. The third kappa shape index (κ3) is 4.59. The lowest BCUT2D eigenvalue weighted by atomic mass is 10.2. The van der Waals surface area contributed by atoms with E-state index < -0.39 is 5.82 Å². The van der Waals surface area contributed by atoms with Crippen LogP contribution in [0.1, 0.15) is 11.1 Å². The number of anilines is 1. The fourth-order valence-electron chi connectivity index (χ4n) is 2.15. The van der Waals surface area contributed by atoms with E-state index in [-0.39, 0.29) is 30.8 Å². The minimum Gasteiger partial charge on any atom is -0.458 e. The van der Waals surface area contributed by atoms with E-state index in [1.54, 1.807) is 36.4 Å². The highest BCUT2D eigenvalue weighted by Crippen LogP contribution is 2.22. The van der Waals surface area contributed by atoms with E-state index in [0.717, 1.165) is 6.20 Å². The molecule has 1 heterocycles. The van der Waals surface area contributed by atoms with Crippen molar-refractivity contribution in [3.63, 3.8) is 0 Å². The van der Waals surface area contributed by atoms with Crippen LogP contribution in [0.5, 0.6) is 6.01 Å². The first kappa shape index (κ1) is 18.4. The Morgan fingerprint density at radius 2 is 1.81 bits per heavy atom. The van der Waals surface area contributed by atoms with E-state index >= 15 is 0 Å². The van der Waals surface area contributed by atoms with Gasteiger partial charge >= 0.3 is 6.01 Å². The Balaban J connectivity index is 1.68. The van der Waals surface area contributed by atoms with Gasteiger partial charge in [-0.25, -0.2) is 13.8 Å². The lowest BCUT2D eigenvalue weighted by molar-refractivity contribution is 0.280. The fourth-order valence-corrected chi connectivity index (χ4v) is 2.61. The first-order chi connectivity index (χ1) is 12.5. The van der Waals surface area contributed by atoms with Gasteiger partial charge in [0.1, 0.15) is 12.4 Å². The largest absolute Gasteiger partial charge is 0.458 e. The minimum atomic E-state index is -0.668. The van der Waals surface area contributed by atoms with E-state index in [2.05, 4.69) is 15.3 Å². The second-order valence-electron chi connectivity index (χ2n) is 5.32. The number of benzene rings is 2. The zero-order valence-electron chi connectivity index (χ0n) is 13.3. The van der Waals surface area contributed by atoms with Gasteiger partial charge < -0.3 is 10.1 Å². The van der Waals surface area contributed by atoms with Crippen LogP contribution in [0.2, 0.25) is 10.0 Å². The van der Waals surface area contributed by atoms with Crippen molar-refractivity contribution in [1.29, 1.82) is 0 Å². The van der Waals surface area contributed by atoms with Crippen molar-refractivity contribution in [3.8, 4) is 6.01 Å². The SMILES string of the molecule is Fc1ccccc1CNc1nc(OCc2ccc(Cl)cc2Cl)ncc1F.